The highest BCUT2D eigenvalue weighted by molar-refractivity contribution is 7.22. The normalized spacial score (nSPS) is 10.7. The summed E-state index contributed by atoms with van der Waals surface area (Å²) in [7, 11) is 1.47. The predicted octanol–water partition coefficient (Wildman–Crippen LogP) is 5.16. The molecule has 1 heterocycles. The third-order valence-electron chi connectivity index (χ3n) is 3.84. The number of fused-ring (bicyclic) bond motifs is 1. The van der Waals surface area contributed by atoms with Crippen LogP contribution in [0.5, 0.6) is 5.75 Å². The molecular weight excluding hydrogens is 429 g/mol. The van der Waals surface area contributed by atoms with Crippen molar-refractivity contribution in [1.29, 1.82) is 0 Å². The molecule has 0 aliphatic carbocycles. The number of non-ortho nitro benzene ring substituents is 1. The van der Waals surface area contributed by atoms with Crippen molar-refractivity contribution in [3.05, 3.63) is 67.0 Å². The van der Waals surface area contributed by atoms with E-state index in [1.165, 1.54) is 31.4 Å². The quantitative estimate of drug-likeness (QED) is 0.227. The number of nitrogens with zero attached hydrogens (tertiary/aromatic N) is 1. The van der Waals surface area contributed by atoms with E-state index in [1.54, 1.807) is 12.1 Å². The SMILES string of the molecule is COc1ccc2c(Cl)c(C(=O)OCC(=O)c3ccc([N+](=O)[O-])cc3)sc2c1Cl. The third-order valence-corrected chi connectivity index (χ3v) is 6.04. The number of nitro benzene ring substituents is 1. The zero-order valence-corrected chi connectivity index (χ0v) is 16.6. The predicted molar refractivity (Wildman–Crippen MR) is 106 cm³/mol. The molecule has 2 aromatic carbocycles. The second kappa shape index (κ2) is 8.14. The van der Waals surface area contributed by atoms with Crippen LogP contribution in [0.3, 0.4) is 0 Å². The Balaban J connectivity index is 1.76. The Morgan fingerprint density at radius 2 is 1.79 bits per heavy atom. The summed E-state index contributed by atoms with van der Waals surface area (Å²) in [5, 5.41) is 11.7. The maximum atomic E-state index is 12.4. The van der Waals surface area contributed by atoms with Crippen molar-refractivity contribution in [2.24, 2.45) is 0 Å². The van der Waals surface area contributed by atoms with Gasteiger partial charge < -0.3 is 9.47 Å². The Hall–Kier alpha value is -2.68. The molecule has 10 heteroatoms. The van der Waals surface area contributed by atoms with Crippen molar-refractivity contribution >= 4 is 62.1 Å². The number of rotatable bonds is 6. The fraction of sp³-hybridized carbons (Fsp3) is 0.111. The van der Waals surface area contributed by atoms with Crippen LogP contribution in [0.25, 0.3) is 10.1 Å². The first kappa shape index (κ1) is 20.1. The van der Waals surface area contributed by atoms with Gasteiger partial charge >= 0.3 is 5.97 Å². The summed E-state index contributed by atoms with van der Waals surface area (Å²) in [5.41, 5.74) is 0.0477. The summed E-state index contributed by atoms with van der Waals surface area (Å²) < 4.78 is 10.8. The van der Waals surface area contributed by atoms with Crippen LogP contribution in [0, 0.1) is 10.1 Å². The van der Waals surface area contributed by atoms with E-state index < -0.39 is 23.3 Å². The number of thiophene rings is 1. The van der Waals surface area contributed by atoms with Gasteiger partial charge in [-0.05, 0) is 24.3 Å². The van der Waals surface area contributed by atoms with Crippen molar-refractivity contribution < 1.29 is 24.0 Å². The highest BCUT2D eigenvalue weighted by Crippen LogP contribution is 2.43. The molecule has 7 nitrogen and oxygen atoms in total. The van der Waals surface area contributed by atoms with Gasteiger partial charge in [-0.15, -0.1) is 11.3 Å². The number of Topliss-reactive ketones (excluding diaryl/α,β-unsaturated/α-hetero) is 1. The molecule has 3 aromatic rings. The van der Waals surface area contributed by atoms with E-state index in [9.17, 15) is 19.7 Å². The van der Waals surface area contributed by atoms with Gasteiger partial charge in [-0.25, -0.2) is 4.79 Å². The van der Waals surface area contributed by atoms with Crippen LogP contribution in [0.15, 0.2) is 36.4 Å². The minimum absolute atomic E-state index is 0.114. The van der Waals surface area contributed by atoms with E-state index >= 15 is 0 Å². The number of carbonyl (C=O) groups is 2. The van der Waals surface area contributed by atoms with Crippen LogP contribution in [0.1, 0.15) is 20.0 Å². The van der Waals surface area contributed by atoms with Gasteiger partial charge in [0.2, 0.25) is 0 Å². The van der Waals surface area contributed by atoms with Crippen LogP contribution in [0.2, 0.25) is 10.0 Å². The zero-order chi connectivity index (χ0) is 20.4. The third kappa shape index (κ3) is 3.80. The number of carbonyl (C=O) groups excluding carboxylic acids is 2. The lowest BCUT2D eigenvalue weighted by atomic mass is 10.1. The van der Waals surface area contributed by atoms with Crippen molar-refractivity contribution in [2.45, 2.75) is 0 Å². The molecule has 0 N–H and O–H groups in total. The standard InChI is InChI=1S/C18H11Cl2NO6S/c1-26-13-7-6-11-14(19)17(28-16(11)15(13)20)18(23)27-8-12(22)9-2-4-10(5-3-9)21(24)25/h2-7H,8H2,1H3. The second-order valence-electron chi connectivity index (χ2n) is 5.51. The van der Waals surface area contributed by atoms with E-state index in [4.69, 9.17) is 32.7 Å². The van der Waals surface area contributed by atoms with Gasteiger partial charge in [-0.2, -0.15) is 0 Å². The van der Waals surface area contributed by atoms with Crippen molar-refractivity contribution in [1.82, 2.24) is 0 Å². The summed E-state index contributed by atoms with van der Waals surface area (Å²) in [5.74, 6) is -0.822. The number of esters is 1. The molecule has 3 rings (SSSR count). The molecule has 0 radical (unpaired) electrons. The summed E-state index contributed by atoms with van der Waals surface area (Å²) >= 11 is 13.5. The minimum atomic E-state index is -0.767. The van der Waals surface area contributed by atoms with Crippen molar-refractivity contribution in [3.8, 4) is 5.75 Å². The maximum absolute atomic E-state index is 12.4. The maximum Gasteiger partial charge on any atom is 0.350 e. The molecule has 0 atom stereocenters. The molecule has 144 valence electrons. The Morgan fingerprint density at radius 1 is 1.11 bits per heavy atom. The molecule has 1 aromatic heterocycles. The summed E-state index contributed by atoms with van der Waals surface area (Å²) in [6, 6.07) is 8.31. The van der Waals surface area contributed by atoms with E-state index in [1.807, 2.05) is 0 Å². The van der Waals surface area contributed by atoms with Gasteiger partial charge in [0.1, 0.15) is 15.6 Å². The number of hydrogen-bond acceptors (Lipinski definition) is 7. The van der Waals surface area contributed by atoms with E-state index in [0.29, 0.717) is 20.9 Å². The zero-order valence-electron chi connectivity index (χ0n) is 14.2. The van der Waals surface area contributed by atoms with E-state index in [-0.39, 0.29) is 21.2 Å². The Labute approximate surface area is 172 Å². The molecule has 0 unspecified atom stereocenters. The molecule has 0 bridgehead atoms. The van der Waals surface area contributed by atoms with Crippen LogP contribution in [-0.2, 0) is 4.74 Å². The van der Waals surface area contributed by atoms with Crippen molar-refractivity contribution in [2.75, 3.05) is 13.7 Å². The Kier molecular flexibility index (Phi) is 5.83. The molecule has 0 aliphatic heterocycles. The lowest BCUT2D eigenvalue weighted by Gasteiger charge is -2.03. The van der Waals surface area contributed by atoms with Gasteiger partial charge in [-0.3, -0.25) is 14.9 Å². The monoisotopic (exact) mass is 439 g/mol. The molecule has 0 amide bonds. The summed E-state index contributed by atoms with van der Waals surface area (Å²) in [4.78, 5) is 34.7. The van der Waals surface area contributed by atoms with Gasteiger partial charge in [0, 0.05) is 23.1 Å². The van der Waals surface area contributed by atoms with Crippen LogP contribution < -0.4 is 4.74 Å². The smallest absolute Gasteiger partial charge is 0.350 e. The van der Waals surface area contributed by atoms with Gasteiger partial charge in [0.15, 0.2) is 12.4 Å². The molecule has 28 heavy (non-hydrogen) atoms. The number of methoxy groups -OCH3 is 1. The number of benzene rings is 2. The van der Waals surface area contributed by atoms with Gasteiger partial charge in [0.05, 0.1) is 21.8 Å². The largest absolute Gasteiger partial charge is 0.495 e. The first-order valence-electron chi connectivity index (χ1n) is 7.72. The molecule has 0 spiro atoms. The fourth-order valence-electron chi connectivity index (χ4n) is 2.42. The van der Waals surface area contributed by atoms with Crippen LogP contribution in [0.4, 0.5) is 5.69 Å². The Morgan fingerprint density at radius 3 is 2.39 bits per heavy atom. The van der Waals surface area contributed by atoms with E-state index in [0.717, 1.165) is 11.3 Å². The fourth-order valence-corrected chi connectivity index (χ4v) is 4.20. The molecule has 0 fully saturated rings. The number of nitro groups is 1. The topological polar surface area (TPSA) is 95.7 Å². The second-order valence-corrected chi connectivity index (χ2v) is 7.28. The lowest BCUT2D eigenvalue weighted by Crippen LogP contribution is -2.13. The lowest BCUT2D eigenvalue weighted by molar-refractivity contribution is -0.384. The summed E-state index contributed by atoms with van der Waals surface area (Å²) in [6.45, 7) is -0.529. The molecule has 0 saturated heterocycles. The van der Waals surface area contributed by atoms with Gasteiger partial charge in [-0.1, -0.05) is 23.2 Å². The number of ketones is 1. The number of ether oxygens (including phenoxy) is 2. The Bertz CT molecular complexity index is 1090. The number of halogens is 2. The molecule has 0 aliphatic rings. The number of hydrogen-bond donors (Lipinski definition) is 0. The highest BCUT2D eigenvalue weighted by atomic mass is 35.5. The average molecular weight is 440 g/mol. The van der Waals surface area contributed by atoms with Crippen molar-refractivity contribution in [3.63, 3.8) is 0 Å². The van der Waals surface area contributed by atoms with Gasteiger partial charge in [0.25, 0.3) is 5.69 Å². The minimum Gasteiger partial charge on any atom is -0.495 e. The first-order valence-corrected chi connectivity index (χ1v) is 9.30. The molecular formula is C18H11Cl2NO6S. The summed E-state index contributed by atoms with van der Waals surface area (Å²) in [6.07, 6.45) is 0. The highest BCUT2D eigenvalue weighted by Gasteiger charge is 2.22. The first-order chi connectivity index (χ1) is 13.3. The van der Waals surface area contributed by atoms with E-state index in [2.05, 4.69) is 0 Å². The van der Waals surface area contributed by atoms with Crippen LogP contribution in [-0.4, -0.2) is 30.4 Å². The average Bonchev–Trinajstić information content (AvgIpc) is 3.04. The van der Waals surface area contributed by atoms with Crippen LogP contribution >= 0.6 is 34.5 Å². The molecule has 0 saturated carbocycles.